The molecule has 0 aromatic heterocycles. The Morgan fingerprint density at radius 2 is 1.92 bits per heavy atom. The molecule has 0 aromatic rings. The van der Waals surface area contributed by atoms with Gasteiger partial charge in [0.1, 0.15) is 5.78 Å². The van der Waals surface area contributed by atoms with Crippen molar-refractivity contribution >= 4 is 5.78 Å². The molecule has 0 fully saturated rings. The molecule has 0 bridgehead atoms. The predicted octanol–water partition coefficient (Wildman–Crippen LogP) is -0.110. The van der Waals surface area contributed by atoms with Crippen molar-refractivity contribution < 1.29 is 15.0 Å². The van der Waals surface area contributed by atoms with E-state index in [9.17, 15) is 4.79 Å². The number of carbonyl (C=O) groups is 1. The Hall–Kier alpha value is -0.450. The maximum Gasteiger partial charge on any atom is 0.152 e. The predicted molar refractivity (Wildman–Crippen MR) is 50.2 cm³/mol. The van der Waals surface area contributed by atoms with Crippen LogP contribution in [0.3, 0.4) is 0 Å². The molecule has 0 aromatic carbocycles. The van der Waals surface area contributed by atoms with Gasteiger partial charge in [0.15, 0.2) is 6.29 Å². The van der Waals surface area contributed by atoms with Crippen LogP contribution in [-0.2, 0) is 4.79 Å². The van der Waals surface area contributed by atoms with E-state index >= 15 is 0 Å². The number of hydrogen-bond acceptors (Lipinski definition) is 4. The summed E-state index contributed by atoms with van der Waals surface area (Å²) in [5, 5.41) is 20.3. The van der Waals surface area contributed by atoms with E-state index in [0.29, 0.717) is 6.42 Å². The van der Waals surface area contributed by atoms with Crippen molar-refractivity contribution in [3.63, 3.8) is 0 Å². The highest BCUT2D eigenvalue weighted by atomic mass is 16.5. The van der Waals surface area contributed by atoms with Gasteiger partial charge in [0.05, 0.1) is 0 Å². The molecule has 3 N–H and O–H groups in total. The van der Waals surface area contributed by atoms with Crippen LogP contribution >= 0.6 is 0 Å². The summed E-state index contributed by atoms with van der Waals surface area (Å²) in [6.07, 6.45) is -0.807. The van der Waals surface area contributed by atoms with Gasteiger partial charge in [-0.25, -0.2) is 0 Å². The zero-order valence-electron chi connectivity index (χ0n) is 8.45. The van der Waals surface area contributed by atoms with E-state index in [4.69, 9.17) is 10.2 Å². The minimum absolute atomic E-state index is 0.00619. The molecule has 78 valence electrons. The van der Waals surface area contributed by atoms with Gasteiger partial charge in [0.2, 0.25) is 0 Å². The first-order valence-corrected chi connectivity index (χ1v) is 4.53. The molecule has 4 heteroatoms. The van der Waals surface area contributed by atoms with Gasteiger partial charge in [-0.2, -0.15) is 0 Å². The molecule has 0 aliphatic rings. The first-order valence-electron chi connectivity index (χ1n) is 4.53. The van der Waals surface area contributed by atoms with E-state index in [0.717, 1.165) is 0 Å². The Kier molecular flexibility index (Phi) is 5.86. The molecule has 1 unspecified atom stereocenters. The lowest BCUT2D eigenvalue weighted by molar-refractivity contribution is -0.123. The Morgan fingerprint density at radius 1 is 1.38 bits per heavy atom. The highest BCUT2D eigenvalue weighted by Crippen LogP contribution is 2.06. The van der Waals surface area contributed by atoms with Gasteiger partial charge in [0.25, 0.3) is 0 Å². The molecule has 0 spiro atoms. The zero-order valence-corrected chi connectivity index (χ0v) is 8.45. The molecule has 0 rings (SSSR count). The molecule has 1 atom stereocenters. The second-order valence-corrected chi connectivity index (χ2v) is 3.53. The van der Waals surface area contributed by atoms with Gasteiger partial charge in [0, 0.05) is 24.8 Å². The molecule has 0 radical (unpaired) electrons. The van der Waals surface area contributed by atoms with Crippen LogP contribution < -0.4 is 5.32 Å². The molecular weight excluding hydrogens is 170 g/mol. The van der Waals surface area contributed by atoms with Crippen molar-refractivity contribution in [2.24, 2.45) is 5.92 Å². The number of carbonyl (C=O) groups excluding carboxylic acids is 1. The highest BCUT2D eigenvalue weighted by Gasteiger charge is 2.16. The molecule has 4 nitrogen and oxygen atoms in total. The Bertz CT molecular complexity index is 157. The molecule has 0 amide bonds. The molecule has 0 heterocycles. The second-order valence-electron chi connectivity index (χ2n) is 3.53. The van der Waals surface area contributed by atoms with Crippen molar-refractivity contribution in [2.45, 2.75) is 39.0 Å². The first kappa shape index (κ1) is 12.6. The zero-order chi connectivity index (χ0) is 10.4. The lowest BCUT2D eigenvalue weighted by Crippen LogP contribution is -2.33. The van der Waals surface area contributed by atoms with Crippen LogP contribution in [0.25, 0.3) is 0 Å². The number of nitrogens with one attached hydrogen (secondary N) is 1. The summed E-state index contributed by atoms with van der Waals surface area (Å²) >= 11 is 0. The standard InChI is InChI=1S/C9H19NO3/c1-6(2)8(11)4-7(10-3)5-9(12)13/h6-7,9-10,12-13H,4-5H2,1-3H3. The second kappa shape index (κ2) is 6.07. The maximum absolute atomic E-state index is 11.3. The fourth-order valence-corrected chi connectivity index (χ4v) is 1.04. The van der Waals surface area contributed by atoms with Crippen LogP contribution in [0.2, 0.25) is 0 Å². The SMILES string of the molecule is CNC(CC(=O)C(C)C)CC(O)O. The van der Waals surface area contributed by atoms with Crippen LogP contribution in [-0.4, -0.2) is 35.4 Å². The summed E-state index contributed by atoms with van der Waals surface area (Å²) in [6.45, 7) is 3.68. The summed E-state index contributed by atoms with van der Waals surface area (Å²) in [7, 11) is 1.71. The van der Waals surface area contributed by atoms with Crippen molar-refractivity contribution in [3.8, 4) is 0 Å². The summed E-state index contributed by atoms with van der Waals surface area (Å²) < 4.78 is 0. The summed E-state index contributed by atoms with van der Waals surface area (Å²) in [5.74, 6) is 0.145. The fourth-order valence-electron chi connectivity index (χ4n) is 1.04. The molecule has 13 heavy (non-hydrogen) atoms. The quantitative estimate of drug-likeness (QED) is 0.510. The Balaban J connectivity index is 3.90. The van der Waals surface area contributed by atoms with Gasteiger partial charge in [-0.3, -0.25) is 4.79 Å². The first-order chi connectivity index (χ1) is 5.97. The normalized spacial score (nSPS) is 13.8. The minimum Gasteiger partial charge on any atom is -0.368 e. The lowest BCUT2D eigenvalue weighted by Gasteiger charge is -2.17. The van der Waals surface area contributed by atoms with Crippen molar-refractivity contribution in [2.75, 3.05) is 7.05 Å². The van der Waals surface area contributed by atoms with Gasteiger partial charge >= 0.3 is 0 Å². The maximum atomic E-state index is 11.3. The number of ketones is 1. The van der Waals surface area contributed by atoms with E-state index in [-0.39, 0.29) is 24.2 Å². The van der Waals surface area contributed by atoms with Crippen LogP contribution in [0.4, 0.5) is 0 Å². The van der Waals surface area contributed by atoms with Gasteiger partial charge in [-0.05, 0) is 7.05 Å². The van der Waals surface area contributed by atoms with Gasteiger partial charge < -0.3 is 15.5 Å². The average molecular weight is 189 g/mol. The number of rotatable bonds is 6. The van der Waals surface area contributed by atoms with Crippen LogP contribution in [0.5, 0.6) is 0 Å². The Morgan fingerprint density at radius 3 is 2.23 bits per heavy atom. The lowest BCUT2D eigenvalue weighted by atomic mass is 10.00. The molecule has 0 aliphatic carbocycles. The number of aliphatic hydroxyl groups is 2. The largest absolute Gasteiger partial charge is 0.368 e. The molecular formula is C9H19NO3. The van der Waals surface area contributed by atoms with E-state index in [2.05, 4.69) is 5.32 Å². The summed E-state index contributed by atoms with van der Waals surface area (Å²) in [4.78, 5) is 11.3. The topological polar surface area (TPSA) is 69.6 Å². The molecule has 0 aliphatic heterocycles. The van der Waals surface area contributed by atoms with Gasteiger partial charge in [-0.15, -0.1) is 0 Å². The van der Waals surface area contributed by atoms with Gasteiger partial charge in [-0.1, -0.05) is 13.8 Å². The summed E-state index contributed by atoms with van der Waals surface area (Å²) in [5.41, 5.74) is 0. The van der Waals surface area contributed by atoms with Crippen LogP contribution in [0, 0.1) is 5.92 Å². The summed E-state index contributed by atoms with van der Waals surface area (Å²) in [6, 6.07) is -0.144. The van der Waals surface area contributed by atoms with E-state index in [1.165, 1.54) is 0 Å². The van der Waals surface area contributed by atoms with Crippen LogP contribution in [0.15, 0.2) is 0 Å². The third kappa shape index (κ3) is 5.74. The van der Waals surface area contributed by atoms with E-state index in [1.54, 1.807) is 7.05 Å². The smallest absolute Gasteiger partial charge is 0.152 e. The van der Waals surface area contributed by atoms with Crippen molar-refractivity contribution in [1.82, 2.24) is 5.32 Å². The third-order valence-corrected chi connectivity index (χ3v) is 2.00. The van der Waals surface area contributed by atoms with E-state index in [1.807, 2.05) is 13.8 Å². The number of aliphatic hydroxyl groups excluding tert-OH is 1. The monoisotopic (exact) mass is 189 g/mol. The average Bonchev–Trinajstić information content (AvgIpc) is 2.02. The van der Waals surface area contributed by atoms with Crippen molar-refractivity contribution in [1.29, 1.82) is 0 Å². The van der Waals surface area contributed by atoms with Crippen LogP contribution in [0.1, 0.15) is 26.7 Å². The molecule has 0 saturated carbocycles. The number of hydrogen-bond donors (Lipinski definition) is 3. The number of Topliss-reactive ketones (excluding diaryl/α,β-unsaturated/α-hetero) is 1. The Labute approximate surface area is 79.0 Å². The highest BCUT2D eigenvalue weighted by molar-refractivity contribution is 5.80. The molecule has 0 saturated heterocycles. The minimum atomic E-state index is -1.35. The third-order valence-electron chi connectivity index (χ3n) is 2.00. The van der Waals surface area contributed by atoms with E-state index < -0.39 is 6.29 Å². The van der Waals surface area contributed by atoms with Crippen molar-refractivity contribution in [3.05, 3.63) is 0 Å². The fraction of sp³-hybridized carbons (Fsp3) is 0.889.